The quantitative estimate of drug-likeness (QED) is 0.711. The Kier molecular flexibility index (Phi) is 13.2. The molecule has 0 fully saturated rings. The summed E-state index contributed by atoms with van der Waals surface area (Å²) in [5, 5.41) is 16.4. The Morgan fingerprint density at radius 3 is 2.11 bits per heavy atom. The molecule has 0 heterocycles. The molecule has 0 aliphatic rings. The zero-order chi connectivity index (χ0) is 14.6. The first kappa shape index (κ1) is 19.3. The number of carboxylic acids is 1. The van der Waals surface area contributed by atoms with Gasteiger partial charge in [0.2, 0.25) is 0 Å². The summed E-state index contributed by atoms with van der Waals surface area (Å²) in [5.41, 5.74) is 1.40. The van der Waals surface area contributed by atoms with Crippen molar-refractivity contribution in [2.24, 2.45) is 5.92 Å². The molecule has 3 heteroatoms. The van der Waals surface area contributed by atoms with Crippen molar-refractivity contribution < 1.29 is 15.0 Å². The van der Waals surface area contributed by atoms with Gasteiger partial charge in [-0.3, -0.25) is 4.79 Å². The van der Waals surface area contributed by atoms with Crippen molar-refractivity contribution in [3.05, 3.63) is 23.8 Å². The molecular weight excluding hydrogens is 228 g/mol. The lowest BCUT2D eigenvalue weighted by Gasteiger charge is -2.06. The third-order valence-corrected chi connectivity index (χ3v) is 2.17. The van der Waals surface area contributed by atoms with Gasteiger partial charge in [0.25, 0.3) is 5.97 Å². The second kappa shape index (κ2) is 12.4. The Morgan fingerprint density at radius 1 is 1.22 bits per heavy atom. The fraction of sp³-hybridized carbons (Fsp3) is 0.667. The zero-order valence-corrected chi connectivity index (χ0v) is 12.3. The van der Waals surface area contributed by atoms with E-state index in [2.05, 4.69) is 32.9 Å². The molecule has 2 atom stereocenters. The molecule has 0 aromatic rings. The maximum atomic E-state index is 9.02. The largest absolute Gasteiger partial charge is 0.481 e. The summed E-state index contributed by atoms with van der Waals surface area (Å²) >= 11 is 0. The number of hydrogen-bond acceptors (Lipinski definition) is 2. The normalized spacial score (nSPS) is 13.4. The smallest absolute Gasteiger partial charge is 0.300 e. The van der Waals surface area contributed by atoms with E-state index in [-0.39, 0.29) is 6.10 Å². The molecule has 0 bridgehead atoms. The molecule has 3 nitrogen and oxygen atoms in total. The Hall–Kier alpha value is -1.09. The van der Waals surface area contributed by atoms with Gasteiger partial charge in [-0.2, -0.15) is 0 Å². The van der Waals surface area contributed by atoms with Gasteiger partial charge in [-0.25, -0.2) is 0 Å². The highest BCUT2D eigenvalue weighted by Crippen LogP contribution is 2.12. The summed E-state index contributed by atoms with van der Waals surface area (Å²) in [4.78, 5) is 9.00. The van der Waals surface area contributed by atoms with Crippen LogP contribution in [0.3, 0.4) is 0 Å². The van der Waals surface area contributed by atoms with Crippen LogP contribution in [0.25, 0.3) is 0 Å². The molecule has 0 saturated carbocycles. The molecule has 18 heavy (non-hydrogen) atoms. The third-order valence-electron chi connectivity index (χ3n) is 2.17. The van der Waals surface area contributed by atoms with Crippen LogP contribution in [-0.4, -0.2) is 22.3 Å². The summed E-state index contributed by atoms with van der Waals surface area (Å²) in [7, 11) is 0. The maximum absolute atomic E-state index is 9.02. The first-order valence-electron chi connectivity index (χ1n) is 6.43. The minimum Gasteiger partial charge on any atom is -0.481 e. The van der Waals surface area contributed by atoms with Gasteiger partial charge in [-0.15, -0.1) is 0 Å². The van der Waals surface area contributed by atoms with E-state index in [0.29, 0.717) is 5.92 Å². The lowest BCUT2D eigenvalue weighted by Crippen LogP contribution is -1.95. The minimum atomic E-state index is -0.833. The monoisotopic (exact) mass is 256 g/mol. The van der Waals surface area contributed by atoms with Crippen LogP contribution in [0.5, 0.6) is 0 Å². The van der Waals surface area contributed by atoms with Crippen LogP contribution in [0.2, 0.25) is 0 Å². The Bertz CT molecular complexity index is 257. The van der Waals surface area contributed by atoms with Crippen LogP contribution in [0.4, 0.5) is 0 Å². The van der Waals surface area contributed by atoms with E-state index in [4.69, 9.17) is 15.0 Å². The lowest BCUT2D eigenvalue weighted by atomic mass is 10.0. The zero-order valence-electron chi connectivity index (χ0n) is 12.3. The molecule has 106 valence electrons. The van der Waals surface area contributed by atoms with Crippen molar-refractivity contribution in [1.29, 1.82) is 0 Å². The average molecular weight is 256 g/mol. The van der Waals surface area contributed by atoms with Crippen molar-refractivity contribution in [2.45, 2.75) is 60.0 Å². The van der Waals surface area contributed by atoms with Crippen LogP contribution in [-0.2, 0) is 4.79 Å². The minimum absolute atomic E-state index is 0.306. The maximum Gasteiger partial charge on any atom is 0.300 e. The Morgan fingerprint density at radius 2 is 1.72 bits per heavy atom. The molecule has 0 aliphatic carbocycles. The van der Waals surface area contributed by atoms with Crippen LogP contribution >= 0.6 is 0 Å². The average Bonchev–Trinajstić information content (AvgIpc) is 2.15. The Labute approximate surface area is 111 Å². The van der Waals surface area contributed by atoms with Gasteiger partial charge in [-0.1, -0.05) is 30.7 Å². The summed E-state index contributed by atoms with van der Waals surface area (Å²) in [6.45, 7) is 9.39. The third kappa shape index (κ3) is 24.2. The van der Waals surface area contributed by atoms with Crippen molar-refractivity contribution in [2.75, 3.05) is 0 Å². The molecule has 0 amide bonds. The number of carbonyl (C=O) groups is 1. The molecule has 0 radical (unpaired) electrons. The van der Waals surface area contributed by atoms with Crippen molar-refractivity contribution in [3.63, 3.8) is 0 Å². The SMILES string of the molecule is CC(=O)O.CC(C)=CCC[C@@H](C)CC=CC(C)O. The van der Waals surface area contributed by atoms with Crippen molar-refractivity contribution >= 4 is 5.97 Å². The number of rotatable bonds is 6. The van der Waals surface area contributed by atoms with E-state index in [9.17, 15) is 0 Å². The number of allylic oxidation sites excluding steroid dienone is 3. The van der Waals surface area contributed by atoms with E-state index in [1.807, 2.05) is 6.08 Å². The number of aliphatic hydroxyl groups excluding tert-OH is 1. The van der Waals surface area contributed by atoms with Crippen molar-refractivity contribution in [1.82, 2.24) is 0 Å². The topological polar surface area (TPSA) is 57.5 Å². The summed E-state index contributed by atoms with van der Waals surface area (Å²) in [6.07, 6.45) is 9.40. The summed E-state index contributed by atoms with van der Waals surface area (Å²) in [5.74, 6) is -0.124. The molecule has 0 aromatic carbocycles. The first-order chi connectivity index (χ1) is 8.25. The molecule has 0 aromatic heterocycles. The van der Waals surface area contributed by atoms with Gasteiger partial charge in [0.05, 0.1) is 6.10 Å². The number of aliphatic hydroxyl groups is 1. The number of aliphatic carboxylic acids is 1. The fourth-order valence-electron chi connectivity index (χ4n) is 1.28. The molecule has 2 N–H and O–H groups in total. The van der Waals surface area contributed by atoms with E-state index in [1.165, 1.54) is 18.4 Å². The van der Waals surface area contributed by atoms with E-state index >= 15 is 0 Å². The molecule has 0 rings (SSSR count). The predicted octanol–water partition coefficient (Wildman–Crippen LogP) is 3.79. The first-order valence-corrected chi connectivity index (χ1v) is 6.43. The predicted molar refractivity (Wildman–Crippen MR) is 76.6 cm³/mol. The standard InChI is InChI=1S/C13H24O.C2H4O2/c1-11(2)7-5-8-12(3)9-6-10-13(4)14;1-2(3)4/h6-7,10,12-14H,5,8-9H2,1-4H3;1H3,(H,3,4)/t12-,13?;/m1./s1. The number of hydrogen-bond donors (Lipinski definition) is 2. The molecule has 1 unspecified atom stereocenters. The van der Waals surface area contributed by atoms with Gasteiger partial charge in [0.1, 0.15) is 0 Å². The van der Waals surface area contributed by atoms with Gasteiger partial charge in [0.15, 0.2) is 0 Å². The highest BCUT2D eigenvalue weighted by molar-refractivity contribution is 5.62. The Balaban J connectivity index is 0. The van der Waals surface area contributed by atoms with E-state index in [0.717, 1.165) is 13.3 Å². The number of carboxylic acid groups (broad SMARTS) is 1. The fourth-order valence-corrected chi connectivity index (χ4v) is 1.28. The second-order valence-electron chi connectivity index (χ2n) is 4.89. The molecule has 0 spiro atoms. The highest BCUT2D eigenvalue weighted by Gasteiger charge is 1.97. The second-order valence-corrected chi connectivity index (χ2v) is 4.89. The molecular formula is C15H28O3. The highest BCUT2D eigenvalue weighted by atomic mass is 16.4. The lowest BCUT2D eigenvalue weighted by molar-refractivity contribution is -0.134. The molecule has 0 saturated heterocycles. The van der Waals surface area contributed by atoms with Crippen LogP contribution in [0.15, 0.2) is 23.8 Å². The van der Waals surface area contributed by atoms with E-state index in [1.54, 1.807) is 6.92 Å². The molecule has 0 aliphatic heterocycles. The van der Waals surface area contributed by atoms with E-state index < -0.39 is 5.97 Å². The van der Waals surface area contributed by atoms with Crippen LogP contribution < -0.4 is 0 Å². The van der Waals surface area contributed by atoms with Gasteiger partial charge in [-0.05, 0) is 46.0 Å². The summed E-state index contributed by atoms with van der Waals surface area (Å²) in [6, 6.07) is 0. The van der Waals surface area contributed by atoms with Gasteiger partial charge in [0, 0.05) is 6.92 Å². The van der Waals surface area contributed by atoms with Gasteiger partial charge >= 0.3 is 0 Å². The van der Waals surface area contributed by atoms with Crippen LogP contribution in [0, 0.1) is 5.92 Å². The van der Waals surface area contributed by atoms with Gasteiger partial charge < -0.3 is 10.2 Å². The summed E-state index contributed by atoms with van der Waals surface area (Å²) < 4.78 is 0. The van der Waals surface area contributed by atoms with Crippen LogP contribution in [0.1, 0.15) is 53.9 Å². The van der Waals surface area contributed by atoms with Crippen molar-refractivity contribution in [3.8, 4) is 0 Å².